The Morgan fingerprint density at radius 2 is 1.65 bits per heavy atom. The number of nitrogens with one attached hydrogen (secondary N) is 2. The predicted molar refractivity (Wildman–Crippen MR) is 79.4 cm³/mol. The first-order valence-electron chi connectivity index (χ1n) is 7.59. The zero-order chi connectivity index (χ0) is 15.0. The molecule has 4 N–H and O–H groups in total. The molecule has 0 aliphatic carbocycles. The zero-order valence-corrected chi connectivity index (χ0v) is 13.2. The lowest BCUT2D eigenvalue weighted by atomic mass is 9.79. The summed E-state index contributed by atoms with van der Waals surface area (Å²) in [4.78, 5) is 12.5. The van der Waals surface area contributed by atoms with E-state index in [2.05, 4.69) is 38.3 Å². The maximum absolute atomic E-state index is 12.5. The SMILES string of the molecule is CC1(C)CC(NC(=O)C2(N)CCOCC2)CC(C)(C)N1. The minimum Gasteiger partial charge on any atom is -0.381 e. The summed E-state index contributed by atoms with van der Waals surface area (Å²) >= 11 is 0. The topological polar surface area (TPSA) is 76.4 Å². The van der Waals surface area contributed by atoms with E-state index in [4.69, 9.17) is 10.5 Å². The molecule has 2 aliphatic heterocycles. The lowest BCUT2D eigenvalue weighted by Crippen LogP contribution is -2.65. The second kappa shape index (κ2) is 5.28. The summed E-state index contributed by atoms with van der Waals surface area (Å²) in [6, 6.07) is 0.178. The molecule has 1 amide bonds. The molecule has 0 bridgehead atoms. The van der Waals surface area contributed by atoms with Gasteiger partial charge in [0.15, 0.2) is 0 Å². The molecule has 2 saturated heterocycles. The molecular formula is C15H29N3O2. The van der Waals surface area contributed by atoms with Crippen LogP contribution in [0.5, 0.6) is 0 Å². The Balaban J connectivity index is 2.00. The number of carbonyl (C=O) groups excluding carboxylic acids is 1. The molecule has 0 aromatic heterocycles. The van der Waals surface area contributed by atoms with Crippen LogP contribution in [0.15, 0.2) is 0 Å². The van der Waals surface area contributed by atoms with Crippen molar-refractivity contribution in [2.75, 3.05) is 13.2 Å². The number of piperidine rings is 1. The molecule has 116 valence electrons. The monoisotopic (exact) mass is 283 g/mol. The van der Waals surface area contributed by atoms with Gasteiger partial charge in [0.05, 0.1) is 5.54 Å². The van der Waals surface area contributed by atoms with Gasteiger partial charge >= 0.3 is 0 Å². The highest BCUT2D eigenvalue weighted by Gasteiger charge is 2.41. The number of hydrogen-bond donors (Lipinski definition) is 3. The van der Waals surface area contributed by atoms with Crippen LogP contribution in [-0.2, 0) is 9.53 Å². The highest BCUT2D eigenvalue weighted by Crippen LogP contribution is 2.29. The number of ether oxygens (including phenoxy) is 1. The Morgan fingerprint density at radius 1 is 1.15 bits per heavy atom. The van der Waals surface area contributed by atoms with Crippen LogP contribution in [0.2, 0.25) is 0 Å². The van der Waals surface area contributed by atoms with E-state index in [-0.39, 0.29) is 23.0 Å². The van der Waals surface area contributed by atoms with Gasteiger partial charge in [0.1, 0.15) is 0 Å². The third kappa shape index (κ3) is 3.71. The van der Waals surface area contributed by atoms with Crippen LogP contribution in [0.25, 0.3) is 0 Å². The average Bonchev–Trinajstić information content (AvgIpc) is 2.25. The van der Waals surface area contributed by atoms with Gasteiger partial charge < -0.3 is 21.1 Å². The van der Waals surface area contributed by atoms with Gasteiger partial charge in [-0.05, 0) is 53.4 Å². The van der Waals surface area contributed by atoms with Crippen LogP contribution < -0.4 is 16.4 Å². The molecule has 2 fully saturated rings. The van der Waals surface area contributed by atoms with Crippen LogP contribution in [0.4, 0.5) is 0 Å². The quantitative estimate of drug-likeness (QED) is 0.704. The summed E-state index contributed by atoms with van der Waals surface area (Å²) in [5, 5.41) is 6.80. The highest BCUT2D eigenvalue weighted by molar-refractivity contribution is 5.86. The molecule has 20 heavy (non-hydrogen) atoms. The highest BCUT2D eigenvalue weighted by atomic mass is 16.5. The molecule has 2 aliphatic rings. The summed E-state index contributed by atoms with van der Waals surface area (Å²) in [6.45, 7) is 9.87. The van der Waals surface area contributed by atoms with Crippen molar-refractivity contribution in [2.45, 2.75) is 76.0 Å². The van der Waals surface area contributed by atoms with Crippen molar-refractivity contribution in [1.82, 2.24) is 10.6 Å². The third-order valence-electron chi connectivity index (χ3n) is 4.36. The number of hydrogen-bond acceptors (Lipinski definition) is 4. The summed E-state index contributed by atoms with van der Waals surface area (Å²) in [5.74, 6) is -0.0145. The first kappa shape index (κ1) is 15.7. The van der Waals surface area contributed by atoms with Crippen molar-refractivity contribution in [2.24, 2.45) is 5.73 Å². The van der Waals surface area contributed by atoms with Gasteiger partial charge in [0.25, 0.3) is 0 Å². The van der Waals surface area contributed by atoms with Crippen molar-refractivity contribution in [3.63, 3.8) is 0 Å². The van der Waals surface area contributed by atoms with Crippen LogP contribution in [0, 0.1) is 0 Å². The number of rotatable bonds is 2. The lowest BCUT2D eigenvalue weighted by molar-refractivity contribution is -0.131. The second-order valence-corrected chi connectivity index (χ2v) is 7.74. The molecule has 0 atom stereocenters. The van der Waals surface area contributed by atoms with E-state index in [9.17, 15) is 4.79 Å². The van der Waals surface area contributed by atoms with Crippen molar-refractivity contribution in [3.05, 3.63) is 0 Å². The molecule has 0 unspecified atom stereocenters. The maximum atomic E-state index is 12.5. The number of carbonyl (C=O) groups is 1. The second-order valence-electron chi connectivity index (χ2n) is 7.74. The van der Waals surface area contributed by atoms with Crippen LogP contribution in [-0.4, -0.2) is 41.8 Å². The standard InChI is InChI=1S/C15H29N3O2/c1-13(2)9-11(10-14(3,4)18-13)17-12(19)15(16)5-7-20-8-6-15/h11,18H,5-10,16H2,1-4H3,(H,17,19). The molecule has 2 heterocycles. The lowest BCUT2D eigenvalue weighted by Gasteiger charge is -2.47. The summed E-state index contributed by atoms with van der Waals surface area (Å²) in [7, 11) is 0. The summed E-state index contributed by atoms with van der Waals surface area (Å²) in [6.07, 6.45) is 3.07. The van der Waals surface area contributed by atoms with Crippen LogP contribution in [0.3, 0.4) is 0 Å². The third-order valence-corrected chi connectivity index (χ3v) is 4.36. The van der Waals surface area contributed by atoms with Gasteiger partial charge in [0.2, 0.25) is 5.91 Å². The normalized spacial score (nSPS) is 28.9. The van der Waals surface area contributed by atoms with E-state index in [1.165, 1.54) is 0 Å². The minimum absolute atomic E-state index is 0.0145. The Hall–Kier alpha value is -0.650. The van der Waals surface area contributed by atoms with Crippen molar-refractivity contribution < 1.29 is 9.53 Å². The number of nitrogens with two attached hydrogens (primary N) is 1. The Morgan fingerprint density at radius 3 is 2.15 bits per heavy atom. The fourth-order valence-electron chi connectivity index (χ4n) is 3.72. The Bertz CT molecular complexity index is 357. The van der Waals surface area contributed by atoms with E-state index in [1.54, 1.807) is 0 Å². The maximum Gasteiger partial charge on any atom is 0.240 e. The molecule has 5 heteroatoms. The van der Waals surface area contributed by atoms with Gasteiger partial charge in [-0.3, -0.25) is 4.79 Å². The smallest absolute Gasteiger partial charge is 0.240 e. The van der Waals surface area contributed by atoms with Crippen LogP contribution >= 0.6 is 0 Å². The largest absolute Gasteiger partial charge is 0.381 e. The zero-order valence-electron chi connectivity index (χ0n) is 13.2. The van der Waals surface area contributed by atoms with E-state index in [1.807, 2.05) is 0 Å². The average molecular weight is 283 g/mol. The Kier molecular flexibility index (Phi) is 4.15. The molecule has 5 nitrogen and oxygen atoms in total. The van der Waals surface area contributed by atoms with Gasteiger partial charge in [-0.1, -0.05) is 0 Å². The van der Waals surface area contributed by atoms with Gasteiger partial charge in [-0.15, -0.1) is 0 Å². The minimum atomic E-state index is -0.753. The first-order chi connectivity index (χ1) is 9.12. The van der Waals surface area contributed by atoms with E-state index >= 15 is 0 Å². The van der Waals surface area contributed by atoms with Crippen molar-refractivity contribution in [1.29, 1.82) is 0 Å². The molecule has 0 aromatic rings. The molecule has 0 spiro atoms. The molecule has 0 aromatic carbocycles. The van der Waals surface area contributed by atoms with E-state index in [0.29, 0.717) is 26.1 Å². The molecule has 0 radical (unpaired) electrons. The summed E-state index contributed by atoms with van der Waals surface area (Å²) < 4.78 is 5.30. The molecular weight excluding hydrogens is 254 g/mol. The fraction of sp³-hybridized carbons (Fsp3) is 0.933. The van der Waals surface area contributed by atoms with Gasteiger partial charge in [-0.25, -0.2) is 0 Å². The number of amides is 1. The van der Waals surface area contributed by atoms with Crippen molar-refractivity contribution in [3.8, 4) is 0 Å². The first-order valence-corrected chi connectivity index (χ1v) is 7.59. The molecule has 0 saturated carbocycles. The predicted octanol–water partition coefficient (Wildman–Crippen LogP) is 0.920. The van der Waals surface area contributed by atoms with E-state index < -0.39 is 5.54 Å². The van der Waals surface area contributed by atoms with Crippen molar-refractivity contribution >= 4 is 5.91 Å². The summed E-state index contributed by atoms with van der Waals surface area (Å²) in [5.41, 5.74) is 5.54. The Labute approximate surface area is 122 Å². The molecule has 2 rings (SSSR count). The van der Waals surface area contributed by atoms with Crippen LogP contribution in [0.1, 0.15) is 53.4 Å². The van der Waals surface area contributed by atoms with Gasteiger partial charge in [-0.2, -0.15) is 0 Å². The van der Waals surface area contributed by atoms with E-state index in [0.717, 1.165) is 12.8 Å². The fourth-order valence-corrected chi connectivity index (χ4v) is 3.72. The van der Waals surface area contributed by atoms with Gasteiger partial charge in [0, 0.05) is 30.3 Å².